The number of anilines is 2. The minimum atomic E-state index is 0.538. The van der Waals surface area contributed by atoms with Gasteiger partial charge in [-0.15, -0.1) is 0 Å². The van der Waals surface area contributed by atoms with Crippen molar-refractivity contribution in [1.29, 1.82) is 0 Å². The van der Waals surface area contributed by atoms with Crippen LogP contribution in [0.4, 0.5) is 11.6 Å². The first-order chi connectivity index (χ1) is 11.8. The summed E-state index contributed by atoms with van der Waals surface area (Å²) in [6.07, 6.45) is 3.42. The summed E-state index contributed by atoms with van der Waals surface area (Å²) in [5.74, 6) is 0.538. The van der Waals surface area contributed by atoms with E-state index in [-0.39, 0.29) is 0 Å². The zero-order valence-electron chi connectivity index (χ0n) is 12.6. The zero-order chi connectivity index (χ0) is 16.4. The van der Waals surface area contributed by atoms with E-state index >= 15 is 0 Å². The molecule has 24 heavy (non-hydrogen) atoms. The third-order valence-electron chi connectivity index (χ3n) is 3.60. The predicted molar refractivity (Wildman–Crippen MR) is 96.9 cm³/mol. The Balaban J connectivity index is 1.65. The third-order valence-corrected chi connectivity index (χ3v) is 4.12. The van der Waals surface area contributed by atoms with Crippen LogP contribution >= 0.6 is 11.9 Å². The second kappa shape index (κ2) is 6.31. The fraction of sp³-hybridized carbons (Fsp3) is 0. The molecule has 4 aromatic rings. The number of hydrogen-bond donors (Lipinski definition) is 3. The summed E-state index contributed by atoms with van der Waals surface area (Å²) >= 11 is 1.21. The number of rotatable bonds is 4. The van der Waals surface area contributed by atoms with E-state index in [4.69, 9.17) is 5.14 Å². The number of nitrogens with one attached hydrogen (secondary N) is 2. The summed E-state index contributed by atoms with van der Waals surface area (Å²) in [6.45, 7) is 0. The Kier molecular flexibility index (Phi) is 3.86. The molecule has 6 nitrogen and oxygen atoms in total. The summed E-state index contributed by atoms with van der Waals surface area (Å²) in [7, 11) is 0. The average Bonchev–Trinajstić information content (AvgIpc) is 3.10. The van der Waals surface area contributed by atoms with Crippen molar-refractivity contribution in [2.75, 3.05) is 5.32 Å². The van der Waals surface area contributed by atoms with Crippen molar-refractivity contribution in [3.05, 3.63) is 61.1 Å². The van der Waals surface area contributed by atoms with Crippen molar-refractivity contribution in [1.82, 2.24) is 19.9 Å². The smallest absolute Gasteiger partial charge is 0.227 e. The molecule has 0 aliphatic heterocycles. The van der Waals surface area contributed by atoms with Crippen molar-refractivity contribution in [3.8, 4) is 11.3 Å². The zero-order valence-corrected chi connectivity index (χ0v) is 13.4. The van der Waals surface area contributed by atoms with Crippen molar-refractivity contribution in [3.63, 3.8) is 0 Å². The van der Waals surface area contributed by atoms with Crippen molar-refractivity contribution in [2.24, 2.45) is 5.14 Å². The Morgan fingerprint density at radius 1 is 1.04 bits per heavy atom. The summed E-state index contributed by atoms with van der Waals surface area (Å²) in [6, 6.07) is 15.7. The van der Waals surface area contributed by atoms with Crippen LogP contribution in [-0.4, -0.2) is 19.9 Å². The number of nitrogens with two attached hydrogens (primary N) is 1. The number of H-pyrrole nitrogens is 1. The highest BCUT2D eigenvalue weighted by molar-refractivity contribution is 7.97. The summed E-state index contributed by atoms with van der Waals surface area (Å²) < 4.78 is 0. The Morgan fingerprint density at radius 3 is 2.92 bits per heavy atom. The van der Waals surface area contributed by atoms with Crippen LogP contribution in [0.25, 0.3) is 22.3 Å². The van der Waals surface area contributed by atoms with E-state index in [1.165, 1.54) is 11.9 Å². The quantitative estimate of drug-likeness (QED) is 0.493. The normalized spacial score (nSPS) is 10.9. The van der Waals surface area contributed by atoms with E-state index in [9.17, 15) is 0 Å². The topological polar surface area (TPSA) is 92.5 Å². The lowest BCUT2D eigenvalue weighted by Gasteiger charge is -2.07. The van der Waals surface area contributed by atoms with Gasteiger partial charge in [-0.05, 0) is 48.3 Å². The van der Waals surface area contributed by atoms with E-state index in [0.717, 1.165) is 32.9 Å². The highest BCUT2D eigenvalue weighted by Gasteiger charge is 2.05. The van der Waals surface area contributed by atoms with E-state index in [1.54, 1.807) is 12.5 Å². The Bertz CT molecular complexity index is 997. The van der Waals surface area contributed by atoms with Crippen molar-refractivity contribution >= 4 is 34.6 Å². The summed E-state index contributed by atoms with van der Waals surface area (Å²) in [5.41, 5.74) is 4.65. The predicted octanol–water partition coefficient (Wildman–Crippen LogP) is 3.73. The first kappa shape index (κ1) is 14.7. The monoisotopic (exact) mass is 334 g/mol. The molecule has 2 aromatic carbocycles. The molecular formula is C17H14N6S. The van der Waals surface area contributed by atoms with E-state index < -0.39 is 0 Å². The maximum absolute atomic E-state index is 5.60. The van der Waals surface area contributed by atoms with Crippen LogP contribution in [-0.2, 0) is 0 Å². The fourth-order valence-electron chi connectivity index (χ4n) is 2.45. The molecule has 4 N–H and O–H groups in total. The lowest BCUT2D eigenvalue weighted by Crippen LogP contribution is -1.98. The number of aromatic nitrogens is 4. The van der Waals surface area contributed by atoms with E-state index in [0.29, 0.717) is 5.95 Å². The molecule has 0 amide bonds. The van der Waals surface area contributed by atoms with Crippen LogP contribution in [0.3, 0.4) is 0 Å². The van der Waals surface area contributed by atoms with Gasteiger partial charge in [0.25, 0.3) is 0 Å². The number of aromatic amines is 1. The SMILES string of the molecule is NSc1cccc(Nc2nccc(-c3ccc4nc[nH]c4c3)n2)c1. The first-order valence-electron chi connectivity index (χ1n) is 7.32. The Hall–Kier alpha value is -2.90. The van der Waals surface area contributed by atoms with Gasteiger partial charge in [-0.25, -0.2) is 15.0 Å². The van der Waals surface area contributed by atoms with Gasteiger partial charge in [0.1, 0.15) is 0 Å². The van der Waals surface area contributed by atoms with E-state index in [2.05, 4.69) is 25.3 Å². The van der Waals surface area contributed by atoms with Crippen LogP contribution in [0.2, 0.25) is 0 Å². The molecule has 2 aromatic heterocycles. The van der Waals surface area contributed by atoms with Gasteiger partial charge in [0.05, 0.1) is 23.1 Å². The first-order valence-corrected chi connectivity index (χ1v) is 8.20. The minimum Gasteiger partial charge on any atom is -0.345 e. The van der Waals surface area contributed by atoms with Gasteiger partial charge in [-0.3, -0.25) is 5.14 Å². The van der Waals surface area contributed by atoms with Gasteiger partial charge >= 0.3 is 0 Å². The number of hydrogen-bond acceptors (Lipinski definition) is 6. The second-order valence-electron chi connectivity index (χ2n) is 5.17. The van der Waals surface area contributed by atoms with Crippen molar-refractivity contribution in [2.45, 2.75) is 4.90 Å². The second-order valence-corrected chi connectivity index (χ2v) is 5.88. The van der Waals surface area contributed by atoms with Crippen LogP contribution in [0, 0.1) is 0 Å². The summed E-state index contributed by atoms with van der Waals surface area (Å²) in [5, 5.41) is 8.81. The molecule has 7 heteroatoms. The summed E-state index contributed by atoms with van der Waals surface area (Å²) in [4.78, 5) is 17.2. The highest BCUT2D eigenvalue weighted by atomic mass is 32.2. The van der Waals surface area contributed by atoms with Crippen LogP contribution in [0.1, 0.15) is 0 Å². The molecule has 0 aliphatic rings. The molecule has 0 saturated carbocycles. The number of benzene rings is 2. The largest absolute Gasteiger partial charge is 0.345 e. The molecule has 0 bridgehead atoms. The molecular weight excluding hydrogens is 320 g/mol. The van der Waals surface area contributed by atoms with Gasteiger partial charge in [0.2, 0.25) is 5.95 Å². The van der Waals surface area contributed by atoms with Crippen molar-refractivity contribution < 1.29 is 0 Å². The molecule has 0 atom stereocenters. The van der Waals surface area contributed by atoms with E-state index in [1.807, 2.05) is 48.5 Å². The molecule has 0 aliphatic carbocycles. The molecule has 0 fully saturated rings. The minimum absolute atomic E-state index is 0.538. The standard InChI is InChI=1S/C17H14N6S/c18-24-13-3-1-2-12(9-13)22-17-19-7-6-14(23-17)11-4-5-15-16(8-11)21-10-20-15/h1-10H,18H2,(H,20,21)(H,19,22,23). The number of fused-ring (bicyclic) bond motifs is 1. The lowest BCUT2D eigenvalue weighted by molar-refractivity contribution is 1.17. The highest BCUT2D eigenvalue weighted by Crippen LogP contribution is 2.23. The fourth-order valence-corrected chi connectivity index (χ4v) is 2.80. The molecule has 4 rings (SSSR count). The molecule has 0 radical (unpaired) electrons. The Labute approximate surface area is 142 Å². The van der Waals surface area contributed by atoms with Crippen LogP contribution in [0.5, 0.6) is 0 Å². The number of imidazole rings is 1. The van der Waals surface area contributed by atoms with Gasteiger partial charge in [-0.2, -0.15) is 0 Å². The van der Waals surface area contributed by atoms with Gasteiger partial charge in [-0.1, -0.05) is 12.1 Å². The molecule has 0 saturated heterocycles. The molecule has 0 unspecified atom stereocenters. The van der Waals surface area contributed by atoms with Gasteiger partial charge in [0.15, 0.2) is 0 Å². The lowest BCUT2D eigenvalue weighted by atomic mass is 10.1. The van der Waals surface area contributed by atoms with Crippen LogP contribution in [0.15, 0.2) is 66.0 Å². The number of nitrogens with zero attached hydrogens (tertiary/aromatic N) is 3. The average molecular weight is 334 g/mol. The van der Waals surface area contributed by atoms with Crippen LogP contribution < -0.4 is 10.5 Å². The maximum atomic E-state index is 5.60. The van der Waals surface area contributed by atoms with Gasteiger partial charge < -0.3 is 10.3 Å². The van der Waals surface area contributed by atoms with Gasteiger partial charge in [0, 0.05) is 22.3 Å². The third kappa shape index (κ3) is 2.94. The molecule has 2 heterocycles. The molecule has 0 spiro atoms. The molecule has 118 valence electrons. The maximum Gasteiger partial charge on any atom is 0.227 e. The Morgan fingerprint density at radius 2 is 2.00 bits per heavy atom.